The van der Waals surface area contributed by atoms with Crippen LogP contribution in [0.15, 0.2) is 53.4 Å². The second-order valence-corrected chi connectivity index (χ2v) is 6.43. The standard InChI is InChI=1S/C17H20ClNS/c1-13(2)19-11-15-9-6-10-16(18)17(15)20-12-14-7-4-3-5-8-14/h3-10,13,19H,11-12H2,1-2H3. The van der Waals surface area contributed by atoms with Crippen LogP contribution in [0.4, 0.5) is 0 Å². The van der Waals surface area contributed by atoms with Crippen LogP contribution < -0.4 is 5.32 Å². The average Bonchev–Trinajstić information content (AvgIpc) is 2.45. The van der Waals surface area contributed by atoms with Crippen LogP contribution in [0.25, 0.3) is 0 Å². The van der Waals surface area contributed by atoms with Crippen molar-refractivity contribution in [1.82, 2.24) is 5.32 Å². The third-order valence-electron chi connectivity index (χ3n) is 2.98. The largest absolute Gasteiger partial charge is 0.310 e. The first kappa shape index (κ1) is 15.4. The molecule has 20 heavy (non-hydrogen) atoms. The first-order chi connectivity index (χ1) is 9.66. The Morgan fingerprint density at radius 3 is 2.50 bits per heavy atom. The van der Waals surface area contributed by atoms with Crippen LogP contribution in [0, 0.1) is 0 Å². The maximum absolute atomic E-state index is 6.36. The Balaban J connectivity index is 2.09. The van der Waals surface area contributed by atoms with E-state index in [1.807, 2.05) is 18.2 Å². The molecule has 0 aliphatic rings. The Labute approximate surface area is 130 Å². The van der Waals surface area contributed by atoms with Gasteiger partial charge in [0, 0.05) is 23.2 Å². The van der Waals surface area contributed by atoms with Crippen molar-refractivity contribution in [2.24, 2.45) is 0 Å². The fourth-order valence-electron chi connectivity index (χ4n) is 1.90. The Hall–Kier alpha value is -0.960. The van der Waals surface area contributed by atoms with E-state index in [4.69, 9.17) is 11.6 Å². The molecule has 106 valence electrons. The molecule has 0 bridgehead atoms. The molecule has 2 aromatic carbocycles. The maximum atomic E-state index is 6.36. The summed E-state index contributed by atoms with van der Waals surface area (Å²) in [7, 11) is 0. The molecule has 0 fully saturated rings. The van der Waals surface area contributed by atoms with Crippen LogP contribution in [-0.2, 0) is 12.3 Å². The number of nitrogens with one attached hydrogen (secondary N) is 1. The van der Waals surface area contributed by atoms with E-state index in [-0.39, 0.29) is 0 Å². The van der Waals surface area contributed by atoms with Crippen molar-refractivity contribution in [3.8, 4) is 0 Å². The first-order valence-corrected chi connectivity index (χ1v) is 8.20. The van der Waals surface area contributed by atoms with Crippen molar-refractivity contribution in [3.63, 3.8) is 0 Å². The van der Waals surface area contributed by atoms with Gasteiger partial charge in [-0.05, 0) is 17.2 Å². The van der Waals surface area contributed by atoms with Crippen molar-refractivity contribution in [2.45, 2.75) is 37.1 Å². The van der Waals surface area contributed by atoms with Gasteiger partial charge in [-0.3, -0.25) is 0 Å². The summed E-state index contributed by atoms with van der Waals surface area (Å²) in [4.78, 5) is 1.19. The van der Waals surface area contributed by atoms with Crippen LogP contribution in [0.5, 0.6) is 0 Å². The van der Waals surface area contributed by atoms with Gasteiger partial charge in [-0.2, -0.15) is 0 Å². The second kappa shape index (κ2) is 7.72. The summed E-state index contributed by atoms with van der Waals surface area (Å²) >= 11 is 8.17. The van der Waals surface area contributed by atoms with E-state index in [9.17, 15) is 0 Å². The fourth-order valence-corrected chi connectivity index (χ4v) is 3.29. The Morgan fingerprint density at radius 2 is 1.80 bits per heavy atom. The molecule has 0 radical (unpaired) electrons. The lowest BCUT2D eigenvalue weighted by Crippen LogP contribution is -2.22. The lowest BCUT2D eigenvalue weighted by Gasteiger charge is -2.13. The van der Waals surface area contributed by atoms with Gasteiger partial charge in [-0.1, -0.05) is 67.9 Å². The zero-order valence-corrected chi connectivity index (χ0v) is 13.5. The predicted molar refractivity (Wildman–Crippen MR) is 89.4 cm³/mol. The highest BCUT2D eigenvalue weighted by molar-refractivity contribution is 7.98. The summed E-state index contributed by atoms with van der Waals surface area (Å²) in [6.45, 7) is 5.16. The van der Waals surface area contributed by atoms with Gasteiger partial charge in [-0.25, -0.2) is 0 Å². The molecule has 0 amide bonds. The normalized spacial score (nSPS) is 11.0. The Kier molecular flexibility index (Phi) is 5.96. The van der Waals surface area contributed by atoms with Gasteiger partial charge in [0.05, 0.1) is 5.02 Å². The van der Waals surface area contributed by atoms with Gasteiger partial charge in [-0.15, -0.1) is 11.8 Å². The number of benzene rings is 2. The third kappa shape index (κ3) is 4.55. The SMILES string of the molecule is CC(C)NCc1cccc(Cl)c1SCc1ccccc1. The number of halogens is 1. The van der Waals surface area contributed by atoms with Crippen molar-refractivity contribution in [2.75, 3.05) is 0 Å². The third-order valence-corrected chi connectivity index (χ3v) is 4.65. The zero-order valence-electron chi connectivity index (χ0n) is 11.9. The number of rotatable bonds is 6. The van der Waals surface area contributed by atoms with E-state index in [2.05, 4.69) is 49.5 Å². The average molecular weight is 306 g/mol. The van der Waals surface area contributed by atoms with Crippen molar-refractivity contribution >= 4 is 23.4 Å². The minimum absolute atomic E-state index is 0.473. The van der Waals surface area contributed by atoms with E-state index < -0.39 is 0 Å². The molecule has 0 atom stereocenters. The van der Waals surface area contributed by atoms with Gasteiger partial charge in [0.2, 0.25) is 0 Å². The summed E-state index contributed by atoms with van der Waals surface area (Å²) in [6.07, 6.45) is 0. The molecular weight excluding hydrogens is 286 g/mol. The van der Waals surface area contributed by atoms with E-state index >= 15 is 0 Å². The summed E-state index contributed by atoms with van der Waals surface area (Å²) < 4.78 is 0. The van der Waals surface area contributed by atoms with Gasteiger partial charge in [0.15, 0.2) is 0 Å². The van der Waals surface area contributed by atoms with Crippen molar-refractivity contribution < 1.29 is 0 Å². The summed E-state index contributed by atoms with van der Waals surface area (Å²) in [5.74, 6) is 0.944. The van der Waals surface area contributed by atoms with Crippen LogP contribution >= 0.6 is 23.4 Å². The lowest BCUT2D eigenvalue weighted by atomic mass is 10.2. The molecule has 0 spiro atoms. The van der Waals surface area contributed by atoms with Crippen LogP contribution in [0.3, 0.4) is 0 Å². The molecule has 0 saturated carbocycles. The summed E-state index contributed by atoms with van der Waals surface area (Å²) in [5, 5.41) is 4.30. The highest BCUT2D eigenvalue weighted by Crippen LogP contribution is 2.33. The molecule has 2 rings (SSSR count). The van der Waals surface area contributed by atoms with Crippen LogP contribution in [0.1, 0.15) is 25.0 Å². The molecule has 3 heteroatoms. The smallest absolute Gasteiger partial charge is 0.0545 e. The van der Waals surface area contributed by atoms with E-state index in [1.54, 1.807) is 11.8 Å². The molecule has 0 unspecified atom stereocenters. The van der Waals surface area contributed by atoms with Gasteiger partial charge in [0.1, 0.15) is 0 Å². The molecule has 0 heterocycles. The Bertz CT molecular complexity index is 540. The fraction of sp³-hybridized carbons (Fsp3) is 0.294. The van der Waals surface area contributed by atoms with Crippen molar-refractivity contribution in [1.29, 1.82) is 0 Å². The molecule has 0 aromatic heterocycles. The van der Waals surface area contributed by atoms with Gasteiger partial charge >= 0.3 is 0 Å². The van der Waals surface area contributed by atoms with Gasteiger partial charge in [0.25, 0.3) is 0 Å². The predicted octanol–water partition coefficient (Wildman–Crippen LogP) is 5.13. The highest BCUT2D eigenvalue weighted by atomic mass is 35.5. The lowest BCUT2D eigenvalue weighted by molar-refractivity contribution is 0.585. The number of thioether (sulfide) groups is 1. The topological polar surface area (TPSA) is 12.0 Å². The molecule has 1 N–H and O–H groups in total. The van der Waals surface area contributed by atoms with Gasteiger partial charge < -0.3 is 5.32 Å². The molecule has 0 aliphatic heterocycles. The summed E-state index contributed by atoms with van der Waals surface area (Å²) in [6, 6.07) is 17.1. The maximum Gasteiger partial charge on any atom is 0.0545 e. The minimum atomic E-state index is 0.473. The molecule has 0 saturated heterocycles. The highest BCUT2D eigenvalue weighted by Gasteiger charge is 2.08. The number of hydrogen-bond donors (Lipinski definition) is 1. The van der Waals surface area contributed by atoms with E-state index in [1.165, 1.54) is 16.0 Å². The minimum Gasteiger partial charge on any atom is -0.310 e. The zero-order chi connectivity index (χ0) is 14.4. The van der Waals surface area contributed by atoms with E-state index in [0.29, 0.717) is 6.04 Å². The Morgan fingerprint density at radius 1 is 1.05 bits per heavy atom. The van der Waals surface area contributed by atoms with Crippen molar-refractivity contribution in [3.05, 3.63) is 64.7 Å². The first-order valence-electron chi connectivity index (χ1n) is 6.84. The van der Waals surface area contributed by atoms with Crippen LogP contribution in [0.2, 0.25) is 5.02 Å². The summed E-state index contributed by atoms with van der Waals surface area (Å²) in [5.41, 5.74) is 2.59. The molecular formula is C17H20ClNS. The molecule has 0 aliphatic carbocycles. The monoisotopic (exact) mass is 305 g/mol. The molecule has 1 nitrogen and oxygen atoms in total. The van der Waals surface area contributed by atoms with Crippen LogP contribution in [-0.4, -0.2) is 6.04 Å². The van der Waals surface area contributed by atoms with E-state index in [0.717, 1.165) is 17.3 Å². The quantitative estimate of drug-likeness (QED) is 0.742. The molecule has 2 aromatic rings. The second-order valence-electron chi connectivity index (χ2n) is 5.04. The number of hydrogen-bond acceptors (Lipinski definition) is 2.